The third kappa shape index (κ3) is 3.68. The van der Waals surface area contributed by atoms with Crippen molar-refractivity contribution >= 4 is 21.6 Å². The molecule has 2 amide bonds. The van der Waals surface area contributed by atoms with E-state index in [9.17, 15) is 9.00 Å². The molecule has 0 spiro atoms. The van der Waals surface area contributed by atoms with E-state index >= 15 is 0 Å². The number of aromatic nitrogens is 3. The second-order valence-corrected chi connectivity index (χ2v) is 9.30. The van der Waals surface area contributed by atoms with Crippen molar-refractivity contribution in [2.75, 3.05) is 11.9 Å². The predicted molar refractivity (Wildman–Crippen MR) is 116 cm³/mol. The Kier molecular flexibility index (Phi) is 4.95. The molecular weight excluding hydrogens is 416 g/mol. The van der Waals surface area contributed by atoms with Crippen LogP contribution in [0.15, 0.2) is 52.1 Å². The molecule has 1 aliphatic carbocycles. The van der Waals surface area contributed by atoms with Crippen LogP contribution in [0.2, 0.25) is 0 Å². The summed E-state index contributed by atoms with van der Waals surface area (Å²) in [4.78, 5) is 17.1. The van der Waals surface area contributed by atoms with Gasteiger partial charge >= 0.3 is 6.03 Å². The summed E-state index contributed by atoms with van der Waals surface area (Å²) in [5.74, 6) is 0.313. The lowest BCUT2D eigenvalue weighted by Crippen LogP contribution is -2.21. The van der Waals surface area contributed by atoms with Gasteiger partial charge in [-0.05, 0) is 48.1 Å². The molecular formula is C21H22N6O3S. The van der Waals surface area contributed by atoms with Gasteiger partial charge in [-0.1, -0.05) is 12.1 Å². The fourth-order valence-electron chi connectivity index (χ4n) is 4.13. The number of anilines is 1. The molecule has 9 nitrogen and oxygen atoms in total. The van der Waals surface area contributed by atoms with Gasteiger partial charge in [0.25, 0.3) is 0 Å². The summed E-state index contributed by atoms with van der Waals surface area (Å²) >= 11 is 0. The van der Waals surface area contributed by atoms with E-state index in [-0.39, 0.29) is 4.90 Å². The van der Waals surface area contributed by atoms with Gasteiger partial charge in [-0.25, -0.2) is 18.8 Å². The van der Waals surface area contributed by atoms with Crippen molar-refractivity contribution in [3.63, 3.8) is 0 Å². The number of urea groups is 1. The molecule has 160 valence electrons. The summed E-state index contributed by atoms with van der Waals surface area (Å²) < 4.78 is 24.1. The topological polar surface area (TPSA) is 124 Å². The lowest BCUT2D eigenvalue weighted by Gasteiger charge is -2.17. The molecule has 10 heteroatoms. The minimum absolute atomic E-state index is 0.134. The number of nitrogens with zero attached hydrogens (tertiary/aromatic N) is 4. The highest BCUT2D eigenvalue weighted by molar-refractivity contribution is 7.91. The maximum absolute atomic E-state index is 13.1. The Morgan fingerprint density at radius 3 is 2.87 bits per heavy atom. The number of nitrogens with one attached hydrogen (secondary N) is 1. The van der Waals surface area contributed by atoms with Crippen LogP contribution in [0.5, 0.6) is 5.88 Å². The Labute approximate surface area is 179 Å². The largest absolute Gasteiger partial charge is 0.477 e. The van der Waals surface area contributed by atoms with E-state index in [1.165, 1.54) is 11.8 Å². The van der Waals surface area contributed by atoms with Gasteiger partial charge in [-0.2, -0.15) is 5.10 Å². The van der Waals surface area contributed by atoms with Crippen molar-refractivity contribution in [1.82, 2.24) is 14.8 Å². The average Bonchev–Trinajstić information content (AvgIpc) is 3.42. The highest BCUT2D eigenvalue weighted by Crippen LogP contribution is 2.37. The number of carbonyl (C=O) groups excluding carboxylic acids is 1. The lowest BCUT2D eigenvalue weighted by molar-refractivity contribution is 0.224. The molecule has 2 aliphatic rings. The van der Waals surface area contributed by atoms with Gasteiger partial charge in [0.2, 0.25) is 5.88 Å². The molecule has 31 heavy (non-hydrogen) atoms. The van der Waals surface area contributed by atoms with Crippen LogP contribution in [-0.4, -0.2) is 31.6 Å². The number of nitrogens with two attached hydrogens (primary N) is 1. The maximum Gasteiger partial charge on any atom is 0.354 e. The summed E-state index contributed by atoms with van der Waals surface area (Å²) in [5.41, 5.74) is 4.74. The maximum atomic E-state index is 13.1. The quantitative estimate of drug-likeness (QED) is 0.650. The van der Waals surface area contributed by atoms with Crippen LogP contribution in [0.1, 0.15) is 24.0 Å². The van der Waals surface area contributed by atoms with Crippen molar-refractivity contribution in [1.29, 1.82) is 0 Å². The van der Waals surface area contributed by atoms with Crippen LogP contribution in [0.3, 0.4) is 0 Å². The molecule has 3 aromatic rings. The first kappa shape index (κ1) is 19.7. The molecule has 3 N–H and O–H groups in total. The number of benzene rings is 1. The average molecular weight is 439 g/mol. The first-order valence-electron chi connectivity index (χ1n) is 10.1. The molecule has 0 saturated heterocycles. The van der Waals surface area contributed by atoms with E-state index in [0.717, 1.165) is 42.4 Å². The molecule has 3 heterocycles. The Morgan fingerprint density at radius 1 is 1.19 bits per heavy atom. The third-order valence-electron chi connectivity index (χ3n) is 5.55. The summed E-state index contributed by atoms with van der Waals surface area (Å²) in [7, 11) is -3.52. The molecule has 0 fully saturated rings. The predicted octanol–water partition coefficient (Wildman–Crippen LogP) is 3.15. The molecule has 1 atom stereocenters. The fraction of sp³-hybridized carbons (Fsp3) is 0.286. The van der Waals surface area contributed by atoms with Crippen LogP contribution in [0, 0.1) is 0 Å². The molecule has 2 aromatic heterocycles. The van der Waals surface area contributed by atoms with Gasteiger partial charge in [0.1, 0.15) is 4.90 Å². The van der Waals surface area contributed by atoms with Gasteiger partial charge in [0.15, 0.2) is 9.92 Å². The van der Waals surface area contributed by atoms with Crippen molar-refractivity contribution in [2.24, 2.45) is 9.50 Å². The molecule has 1 aliphatic heterocycles. The SMILES string of the molecule is N[S@@](=O)(=NC(=O)Nc1c(-c2ccncc2)ccc2c1CCC2)c1cnn2c1OCCC2. The Bertz CT molecular complexity index is 1280. The van der Waals surface area contributed by atoms with Gasteiger partial charge < -0.3 is 10.1 Å². The first-order valence-corrected chi connectivity index (χ1v) is 11.7. The van der Waals surface area contributed by atoms with Crippen molar-refractivity contribution in [3.05, 3.63) is 54.0 Å². The van der Waals surface area contributed by atoms with Crippen LogP contribution in [0.4, 0.5) is 10.5 Å². The fourth-order valence-corrected chi connectivity index (χ4v) is 5.13. The normalized spacial score (nSPS) is 16.5. The zero-order chi connectivity index (χ0) is 21.4. The number of fused-ring (bicyclic) bond motifs is 2. The molecule has 0 saturated carbocycles. The van der Waals surface area contributed by atoms with Gasteiger partial charge in [0, 0.05) is 30.9 Å². The zero-order valence-corrected chi connectivity index (χ0v) is 17.6. The second-order valence-electron chi connectivity index (χ2n) is 7.54. The van der Waals surface area contributed by atoms with Gasteiger partial charge in [0.05, 0.1) is 18.5 Å². The molecule has 0 unspecified atom stereocenters. The van der Waals surface area contributed by atoms with E-state index < -0.39 is 15.9 Å². The monoisotopic (exact) mass is 438 g/mol. The van der Waals surface area contributed by atoms with E-state index in [1.54, 1.807) is 17.1 Å². The van der Waals surface area contributed by atoms with Crippen LogP contribution < -0.4 is 15.2 Å². The van der Waals surface area contributed by atoms with Crippen molar-refractivity contribution in [3.8, 4) is 17.0 Å². The standard InChI is InChI=1S/C21H22N6O3S/c22-31(29,18-13-24-27-11-2-12-30-20(18)27)26-21(28)25-19-16-4-1-3-14(16)5-6-17(19)15-7-9-23-10-8-15/h5-10,13H,1-4,11-12H2,(H3,22,25,26,28,29)/t31-/m1/s1. The molecule has 1 aromatic carbocycles. The summed E-state index contributed by atoms with van der Waals surface area (Å²) in [6.45, 7) is 1.12. The highest BCUT2D eigenvalue weighted by Gasteiger charge is 2.25. The van der Waals surface area contributed by atoms with E-state index in [1.807, 2.05) is 18.2 Å². The van der Waals surface area contributed by atoms with Gasteiger partial charge in [-0.15, -0.1) is 4.36 Å². The van der Waals surface area contributed by atoms with Crippen molar-refractivity contribution < 1.29 is 13.7 Å². The number of rotatable bonds is 3. The van der Waals surface area contributed by atoms with Crippen molar-refractivity contribution in [2.45, 2.75) is 37.1 Å². The zero-order valence-electron chi connectivity index (χ0n) is 16.8. The Morgan fingerprint density at radius 2 is 2.03 bits per heavy atom. The minimum atomic E-state index is -3.52. The van der Waals surface area contributed by atoms with Crippen LogP contribution >= 0.6 is 0 Å². The number of aryl methyl sites for hydroxylation is 2. The summed E-state index contributed by atoms with van der Waals surface area (Å²) in [6, 6.07) is 7.07. The highest BCUT2D eigenvalue weighted by atomic mass is 32.2. The van der Waals surface area contributed by atoms with Crippen LogP contribution in [-0.2, 0) is 29.3 Å². The number of amides is 2. The van der Waals surface area contributed by atoms with E-state index in [2.05, 4.69) is 25.8 Å². The van der Waals surface area contributed by atoms with Gasteiger partial charge in [-0.3, -0.25) is 4.98 Å². The Balaban J connectivity index is 1.52. The Hall–Kier alpha value is -3.24. The molecule has 5 rings (SSSR count). The number of carbonyl (C=O) groups is 1. The first-order chi connectivity index (χ1) is 15.0. The number of ether oxygens (including phenoxy) is 1. The number of hydrogen-bond acceptors (Lipinski definition) is 5. The lowest BCUT2D eigenvalue weighted by atomic mass is 9.98. The second kappa shape index (κ2) is 7.78. The number of hydrogen-bond donors (Lipinski definition) is 2. The summed E-state index contributed by atoms with van der Waals surface area (Å²) in [6.07, 6.45) is 8.40. The number of pyridine rings is 1. The summed E-state index contributed by atoms with van der Waals surface area (Å²) in [5, 5.41) is 13.0. The molecule has 0 radical (unpaired) electrons. The van der Waals surface area contributed by atoms with Crippen LogP contribution in [0.25, 0.3) is 11.1 Å². The third-order valence-corrected chi connectivity index (χ3v) is 6.90. The minimum Gasteiger partial charge on any atom is -0.477 e. The van der Waals surface area contributed by atoms with E-state index in [4.69, 9.17) is 9.88 Å². The van der Waals surface area contributed by atoms with E-state index in [0.29, 0.717) is 24.7 Å². The smallest absolute Gasteiger partial charge is 0.354 e. The molecule has 0 bridgehead atoms.